The van der Waals surface area contributed by atoms with Gasteiger partial charge in [0.2, 0.25) is 0 Å². The second-order valence-corrected chi connectivity index (χ2v) is 6.74. The van der Waals surface area contributed by atoms with Gasteiger partial charge in [-0.3, -0.25) is 4.79 Å². The van der Waals surface area contributed by atoms with Gasteiger partial charge in [0.25, 0.3) is 5.56 Å². The van der Waals surface area contributed by atoms with E-state index in [2.05, 4.69) is 26.3 Å². The van der Waals surface area contributed by atoms with Crippen LogP contribution < -0.4 is 10.9 Å². The van der Waals surface area contributed by atoms with Crippen molar-refractivity contribution in [2.75, 3.05) is 25.1 Å². The Labute approximate surface area is 132 Å². The van der Waals surface area contributed by atoms with Gasteiger partial charge >= 0.3 is 0 Å². The van der Waals surface area contributed by atoms with Crippen LogP contribution in [0.1, 0.15) is 26.7 Å². The van der Waals surface area contributed by atoms with Gasteiger partial charge in [0.15, 0.2) is 0 Å². The first-order valence-electron chi connectivity index (χ1n) is 7.21. The lowest BCUT2D eigenvalue weighted by molar-refractivity contribution is -0.0543. The van der Waals surface area contributed by atoms with Crippen LogP contribution >= 0.6 is 15.9 Å². The van der Waals surface area contributed by atoms with E-state index in [4.69, 9.17) is 4.74 Å². The minimum atomic E-state index is -0.787. The van der Waals surface area contributed by atoms with Crippen molar-refractivity contribution in [3.8, 4) is 0 Å². The zero-order chi connectivity index (χ0) is 15.5. The molecule has 0 amide bonds. The molecule has 0 radical (unpaired) electrons. The smallest absolute Gasteiger partial charge is 0.283 e. The van der Waals surface area contributed by atoms with Crippen LogP contribution in [0.2, 0.25) is 0 Å². The number of aromatic nitrogens is 2. The van der Waals surface area contributed by atoms with Gasteiger partial charge in [-0.2, -0.15) is 5.10 Å². The quantitative estimate of drug-likeness (QED) is 0.835. The maximum atomic E-state index is 12.2. The molecule has 1 saturated heterocycles. The second kappa shape index (κ2) is 6.89. The van der Waals surface area contributed by atoms with Crippen LogP contribution in [0.4, 0.5) is 5.69 Å². The van der Waals surface area contributed by atoms with Gasteiger partial charge in [-0.1, -0.05) is 13.8 Å². The first-order chi connectivity index (χ1) is 9.91. The molecular formula is C14H22BrN3O3. The van der Waals surface area contributed by atoms with E-state index < -0.39 is 5.60 Å². The van der Waals surface area contributed by atoms with Gasteiger partial charge in [0, 0.05) is 39.1 Å². The van der Waals surface area contributed by atoms with Crippen molar-refractivity contribution < 1.29 is 9.84 Å². The van der Waals surface area contributed by atoms with Gasteiger partial charge in [-0.25, -0.2) is 4.68 Å². The van der Waals surface area contributed by atoms with E-state index in [0.717, 1.165) is 0 Å². The minimum absolute atomic E-state index is 0.160. The molecule has 1 aromatic heterocycles. The third kappa shape index (κ3) is 4.28. The maximum Gasteiger partial charge on any atom is 0.283 e. The van der Waals surface area contributed by atoms with Crippen molar-refractivity contribution in [3.05, 3.63) is 21.0 Å². The number of rotatable bonds is 5. The van der Waals surface area contributed by atoms with Gasteiger partial charge < -0.3 is 15.2 Å². The summed E-state index contributed by atoms with van der Waals surface area (Å²) >= 11 is 3.32. The van der Waals surface area contributed by atoms with Crippen LogP contribution in [0, 0.1) is 5.92 Å². The predicted octanol–water partition coefficient (Wildman–Crippen LogP) is 1.62. The summed E-state index contributed by atoms with van der Waals surface area (Å²) in [5, 5.41) is 17.7. The fourth-order valence-electron chi connectivity index (χ4n) is 2.25. The number of nitrogens with one attached hydrogen (secondary N) is 1. The molecule has 1 aromatic rings. The summed E-state index contributed by atoms with van der Waals surface area (Å²) in [5.74, 6) is 0.351. The molecule has 2 rings (SSSR count). The molecule has 2 N–H and O–H groups in total. The van der Waals surface area contributed by atoms with E-state index in [0.29, 0.717) is 55.2 Å². The Kier molecular flexibility index (Phi) is 5.40. The Hall–Kier alpha value is -0.920. The standard InChI is InChI=1S/C14H22BrN3O3/c1-10(2)8-18-13(19)12(15)11(7-17-18)16-9-14(20)3-5-21-6-4-14/h7,10,16,20H,3-6,8-9H2,1-2H3. The van der Waals surface area contributed by atoms with Crippen LogP contribution in [0.25, 0.3) is 0 Å². The summed E-state index contributed by atoms with van der Waals surface area (Å²) in [4.78, 5) is 12.2. The van der Waals surface area contributed by atoms with Crippen LogP contribution in [0.15, 0.2) is 15.5 Å². The lowest BCUT2D eigenvalue weighted by atomic mass is 9.94. The average molecular weight is 360 g/mol. The summed E-state index contributed by atoms with van der Waals surface area (Å²) in [6, 6.07) is 0. The Morgan fingerprint density at radius 1 is 1.52 bits per heavy atom. The van der Waals surface area contributed by atoms with Crippen molar-refractivity contribution in [1.82, 2.24) is 9.78 Å². The van der Waals surface area contributed by atoms with Crippen molar-refractivity contribution in [2.45, 2.75) is 38.8 Å². The molecule has 0 unspecified atom stereocenters. The molecule has 0 atom stereocenters. The zero-order valence-electron chi connectivity index (χ0n) is 12.4. The van der Waals surface area contributed by atoms with Gasteiger partial charge in [0.05, 0.1) is 17.5 Å². The SMILES string of the molecule is CC(C)Cn1ncc(NCC2(O)CCOCC2)c(Br)c1=O. The molecule has 1 aliphatic heterocycles. The molecule has 0 spiro atoms. The summed E-state index contributed by atoms with van der Waals surface area (Å²) in [7, 11) is 0. The summed E-state index contributed by atoms with van der Waals surface area (Å²) in [5.41, 5.74) is -0.336. The fraction of sp³-hybridized carbons (Fsp3) is 0.714. The Morgan fingerprint density at radius 2 is 2.19 bits per heavy atom. The van der Waals surface area contributed by atoms with E-state index in [-0.39, 0.29) is 5.56 Å². The molecule has 0 aromatic carbocycles. The average Bonchev–Trinajstić information content (AvgIpc) is 2.43. The monoisotopic (exact) mass is 359 g/mol. The Balaban J connectivity index is 2.07. The molecule has 1 aliphatic rings. The lowest BCUT2D eigenvalue weighted by Crippen LogP contribution is -2.42. The van der Waals surface area contributed by atoms with Crippen LogP contribution in [-0.2, 0) is 11.3 Å². The van der Waals surface area contributed by atoms with Crippen molar-refractivity contribution in [2.24, 2.45) is 5.92 Å². The first kappa shape index (κ1) is 16.5. The molecule has 7 heteroatoms. The lowest BCUT2D eigenvalue weighted by Gasteiger charge is -2.32. The highest BCUT2D eigenvalue weighted by molar-refractivity contribution is 9.10. The highest BCUT2D eigenvalue weighted by atomic mass is 79.9. The van der Waals surface area contributed by atoms with E-state index in [1.165, 1.54) is 4.68 Å². The number of hydrogen-bond acceptors (Lipinski definition) is 5. The van der Waals surface area contributed by atoms with E-state index >= 15 is 0 Å². The molecule has 6 nitrogen and oxygen atoms in total. The fourth-order valence-corrected chi connectivity index (χ4v) is 2.70. The van der Waals surface area contributed by atoms with Crippen LogP contribution in [0.3, 0.4) is 0 Å². The van der Waals surface area contributed by atoms with E-state index in [9.17, 15) is 9.90 Å². The normalized spacial score (nSPS) is 18.0. The number of hydrogen-bond donors (Lipinski definition) is 2. The van der Waals surface area contributed by atoms with Crippen LogP contribution in [0.5, 0.6) is 0 Å². The molecule has 0 bridgehead atoms. The number of halogens is 1. The highest BCUT2D eigenvalue weighted by Gasteiger charge is 2.29. The van der Waals surface area contributed by atoms with E-state index in [1.54, 1.807) is 6.20 Å². The Morgan fingerprint density at radius 3 is 2.81 bits per heavy atom. The zero-order valence-corrected chi connectivity index (χ0v) is 14.0. The third-order valence-electron chi connectivity index (χ3n) is 3.55. The molecule has 0 saturated carbocycles. The van der Waals surface area contributed by atoms with Crippen molar-refractivity contribution in [3.63, 3.8) is 0 Å². The van der Waals surface area contributed by atoms with Crippen LogP contribution in [-0.4, -0.2) is 40.2 Å². The summed E-state index contributed by atoms with van der Waals surface area (Å²) < 4.78 is 7.15. The molecule has 1 fully saturated rings. The van der Waals surface area contributed by atoms with Crippen molar-refractivity contribution >= 4 is 21.6 Å². The molecule has 2 heterocycles. The summed E-state index contributed by atoms with van der Waals surface area (Å²) in [6.45, 7) is 6.16. The number of nitrogens with zero attached hydrogens (tertiary/aromatic N) is 2. The van der Waals surface area contributed by atoms with Gasteiger partial charge in [-0.15, -0.1) is 0 Å². The van der Waals surface area contributed by atoms with Crippen molar-refractivity contribution in [1.29, 1.82) is 0 Å². The summed E-state index contributed by atoms with van der Waals surface area (Å²) in [6.07, 6.45) is 2.81. The predicted molar refractivity (Wildman–Crippen MR) is 84.5 cm³/mol. The van der Waals surface area contributed by atoms with Gasteiger partial charge in [-0.05, 0) is 21.8 Å². The molecular weight excluding hydrogens is 338 g/mol. The molecule has 0 aliphatic carbocycles. The Bertz CT molecular complexity index is 539. The maximum absolute atomic E-state index is 12.2. The molecule has 118 valence electrons. The third-order valence-corrected chi connectivity index (χ3v) is 4.32. The number of aliphatic hydroxyl groups is 1. The minimum Gasteiger partial charge on any atom is -0.388 e. The number of anilines is 1. The highest BCUT2D eigenvalue weighted by Crippen LogP contribution is 2.23. The topological polar surface area (TPSA) is 76.4 Å². The first-order valence-corrected chi connectivity index (χ1v) is 8.00. The largest absolute Gasteiger partial charge is 0.388 e. The molecule has 21 heavy (non-hydrogen) atoms. The van der Waals surface area contributed by atoms with Gasteiger partial charge in [0.1, 0.15) is 4.47 Å². The van der Waals surface area contributed by atoms with E-state index in [1.807, 2.05) is 13.8 Å². The number of ether oxygens (including phenoxy) is 1. The second-order valence-electron chi connectivity index (χ2n) is 5.94.